The van der Waals surface area contributed by atoms with Gasteiger partial charge in [-0.1, -0.05) is 0 Å². The summed E-state index contributed by atoms with van der Waals surface area (Å²) in [5, 5.41) is 0. The number of nitrogens with zero attached hydrogens (tertiary/aromatic N) is 3. The first-order chi connectivity index (χ1) is 6.43. The lowest BCUT2D eigenvalue weighted by Gasteiger charge is -2.19. The number of nitrogen functional groups attached to an aromatic ring is 3. The third-order valence-corrected chi connectivity index (χ3v) is 2.32. The normalized spacial score (nSPS) is 13.1. The maximum absolute atomic E-state index is 6.05. The standard InChI is InChI=1S/C7H13ClN6/c1-14(2)4(8)3-5(9)12-7(11)13-6(3)10/h4H,1-2H3,(H6,9,10,11,12,13). The van der Waals surface area contributed by atoms with Gasteiger partial charge < -0.3 is 17.2 Å². The number of anilines is 3. The van der Waals surface area contributed by atoms with Crippen molar-refractivity contribution in [1.82, 2.24) is 14.9 Å². The van der Waals surface area contributed by atoms with Gasteiger partial charge in [0, 0.05) is 0 Å². The molecule has 0 aliphatic rings. The Morgan fingerprint density at radius 3 is 1.93 bits per heavy atom. The summed E-state index contributed by atoms with van der Waals surface area (Å²) < 4.78 is 0. The molecule has 0 saturated carbocycles. The summed E-state index contributed by atoms with van der Waals surface area (Å²) in [4.78, 5) is 9.32. The van der Waals surface area contributed by atoms with Crippen LogP contribution >= 0.6 is 11.6 Å². The fourth-order valence-corrected chi connectivity index (χ4v) is 1.25. The van der Waals surface area contributed by atoms with Crippen LogP contribution in [0.4, 0.5) is 17.6 Å². The second-order valence-corrected chi connectivity index (χ2v) is 3.48. The monoisotopic (exact) mass is 216 g/mol. The Kier molecular flexibility index (Phi) is 2.97. The number of halogens is 1. The third kappa shape index (κ3) is 1.97. The van der Waals surface area contributed by atoms with Gasteiger partial charge in [0.2, 0.25) is 5.95 Å². The van der Waals surface area contributed by atoms with E-state index >= 15 is 0 Å². The molecule has 1 aromatic rings. The highest BCUT2D eigenvalue weighted by Gasteiger charge is 2.19. The van der Waals surface area contributed by atoms with Crippen LogP contribution in [-0.4, -0.2) is 29.0 Å². The maximum Gasteiger partial charge on any atom is 0.223 e. The maximum atomic E-state index is 6.05. The molecule has 1 rings (SSSR count). The van der Waals surface area contributed by atoms with E-state index in [9.17, 15) is 0 Å². The van der Waals surface area contributed by atoms with Crippen LogP contribution in [-0.2, 0) is 0 Å². The van der Waals surface area contributed by atoms with Gasteiger partial charge >= 0.3 is 0 Å². The molecule has 0 amide bonds. The minimum Gasteiger partial charge on any atom is -0.383 e. The Morgan fingerprint density at radius 2 is 1.57 bits per heavy atom. The number of hydrogen-bond donors (Lipinski definition) is 3. The van der Waals surface area contributed by atoms with E-state index < -0.39 is 5.50 Å². The lowest BCUT2D eigenvalue weighted by Crippen LogP contribution is -2.19. The first-order valence-electron chi connectivity index (χ1n) is 3.92. The molecule has 7 heteroatoms. The van der Waals surface area contributed by atoms with E-state index in [-0.39, 0.29) is 17.6 Å². The van der Waals surface area contributed by atoms with E-state index in [1.54, 1.807) is 19.0 Å². The molecule has 0 radical (unpaired) electrons. The topological polar surface area (TPSA) is 107 Å². The summed E-state index contributed by atoms with van der Waals surface area (Å²) >= 11 is 6.05. The molecule has 14 heavy (non-hydrogen) atoms. The average Bonchev–Trinajstić information content (AvgIpc) is 2.01. The van der Waals surface area contributed by atoms with E-state index in [0.717, 1.165) is 0 Å². The van der Waals surface area contributed by atoms with Crippen LogP contribution in [0.5, 0.6) is 0 Å². The van der Waals surface area contributed by atoms with Gasteiger partial charge in [-0.2, -0.15) is 9.97 Å². The Balaban J connectivity index is 3.20. The minimum atomic E-state index is -0.462. The number of nitrogens with two attached hydrogens (primary N) is 3. The average molecular weight is 217 g/mol. The molecule has 0 aliphatic carbocycles. The molecule has 1 unspecified atom stereocenters. The predicted octanol–water partition coefficient (Wildman–Crippen LogP) is 0.0222. The zero-order valence-electron chi connectivity index (χ0n) is 8.03. The molecule has 0 fully saturated rings. The molecular weight excluding hydrogens is 204 g/mol. The van der Waals surface area contributed by atoms with Crippen molar-refractivity contribution >= 4 is 29.2 Å². The van der Waals surface area contributed by atoms with E-state index in [2.05, 4.69) is 9.97 Å². The fourth-order valence-electron chi connectivity index (χ4n) is 1.03. The molecular formula is C7H13ClN6. The Hall–Kier alpha value is -1.27. The fraction of sp³-hybridized carbons (Fsp3) is 0.429. The number of rotatable bonds is 2. The highest BCUT2D eigenvalue weighted by Crippen LogP contribution is 2.30. The van der Waals surface area contributed by atoms with Gasteiger partial charge in [0.25, 0.3) is 0 Å². The predicted molar refractivity (Wildman–Crippen MR) is 57.6 cm³/mol. The third-order valence-electron chi connectivity index (χ3n) is 1.71. The Labute approximate surface area is 87.0 Å². The first kappa shape index (κ1) is 10.8. The van der Waals surface area contributed by atoms with Crippen LogP contribution in [0, 0.1) is 0 Å². The van der Waals surface area contributed by atoms with E-state index in [1.165, 1.54) is 0 Å². The Bertz CT molecular complexity index is 316. The van der Waals surface area contributed by atoms with Gasteiger partial charge in [-0.3, -0.25) is 4.90 Å². The molecule has 1 aromatic heterocycles. The summed E-state index contributed by atoms with van der Waals surface area (Å²) in [6.45, 7) is 0. The second kappa shape index (κ2) is 3.85. The van der Waals surface area contributed by atoms with Crippen molar-refractivity contribution in [1.29, 1.82) is 0 Å². The summed E-state index contributed by atoms with van der Waals surface area (Å²) in [5.41, 5.74) is 16.7. The van der Waals surface area contributed by atoms with Gasteiger partial charge in [0.05, 0.1) is 5.56 Å². The van der Waals surface area contributed by atoms with Crippen LogP contribution in [0.2, 0.25) is 0 Å². The second-order valence-electron chi connectivity index (χ2n) is 3.07. The molecule has 0 bridgehead atoms. The largest absolute Gasteiger partial charge is 0.383 e. The van der Waals surface area contributed by atoms with Crippen molar-refractivity contribution < 1.29 is 0 Å². The van der Waals surface area contributed by atoms with E-state index in [0.29, 0.717) is 5.56 Å². The number of alkyl halides is 1. The number of hydrogen-bond acceptors (Lipinski definition) is 6. The van der Waals surface area contributed by atoms with Gasteiger partial charge in [-0.15, -0.1) is 11.6 Å². The molecule has 0 spiro atoms. The smallest absolute Gasteiger partial charge is 0.223 e. The van der Waals surface area contributed by atoms with Crippen LogP contribution in [0.3, 0.4) is 0 Å². The van der Waals surface area contributed by atoms with Crippen molar-refractivity contribution in [3.8, 4) is 0 Å². The van der Waals surface area contributed by atoms with Crippen LogP contribution < -0.4 is 17.2 Å². The van der Waals surface area contributed by atoms with Gasteiger partial charge in [-0.25, -0.2) is 0 Å². The van der Waals surface area contributed by atoms with Crippen molar-refractivity contribution in [3.05, 3.63) is 5.56 Å². The van der Waals surface area contributed by atoms with Crippen molar-refractivity contribution in [2.45, 2.75) is 5.50 Å². The molecule has 1 heterocycles. The van der Waals surface area contributed by atoms with Gasteiger partial charge in [-0.05, 0) is 14.1 Å². The number of aromatic nitrogens is 2. The summed E-state index contributed by atoms with van der Waals surface area (Å²) in [7, 11) is 3.60. The summed E-state index contributed by atoms with van der Waals surface area (Å²) in [6.07, 6.45) is 0. The van der Waals surface area contributed by atoms with E-state index in [1.807, 2.05) is 0 Å². The molecule has 0 aromatic carbocycles. The van der Waals surface area contributed by atoms with Crippen molar-refractivity contribution in [3.63, 3.8) is 0 Å². The molecule has 1 atom stereocenters. The molecule has 6 N–H and O–H groups in total. The van der Waals surface area contributed by atoms with Crippen LogP contribution in [0.1, 0.15) is 11.1 Å². The lowest BCUT2D eigenvalue weighted by atomic mass is 10.2. The van der Waals surface area contributed by atoms with E-state index in [4.69, 9.17) is 28.8 Å². The first-order valence-corrected chi connectivity index (χ1v) is 4.36. The summed E-state index contributed by atoms with van der Waals surface area (Å²) in [6, 6.07) is 0. The summed E-state index contributed by atoms with van der Waals surface area (Å²) in [5.74, 6) is 0.471. The molecule has 0 aliphatic heterocycles. The molecule has 78 valence electrons. The highest BCUT2D eigenvalue weighted by atomic mass is 35.5. The minimum absolute atomic E-state index is 0.0476. The zero-order valence-corrected chi connectivity index (χ0v) is 8.78. The van der Waals surface area contributed by atoms with Crippen molar-refractivity contribution in [2.75, 3.05) is 31.3 Å². The lowest BCUT2D eigenvalue weighted by molar-refractivity contribution is 0.385. The zero-order chi connectivity index (χ0) is 10.9. The van der Waals surface area contributed by atoms with Gasteiger partial charge in [0.1, 0.15) is 17.1 Å². The molecule has 0 saturated heterocycles. The quantitative estimate of drug-likeness (QED) is 0.475. The van der Waals surface area contributed by atoms with Crippen LogP contribution in [0.15, 0.2) is 0 Å². The van der Waals surface area contributed by atoms with Crippen molar-refractivity contribution in [2.24, 2.45) is 0 Å². The van der Waals surface area contributed by atoms with Gasteiger partial charge in [0.15, 0.2) is 0 Å². The molecule has 6 nitrogen and oxygen atoms in total. The Morgan fingerprint density at radius 1 is 1.14 bits per heavy atom. The SMILES string of the molecule is CN(C)C(Cl)c1c(N)nc(N)nc1N. The highest BCUT2D eigenvalue weighted by molar-refractivity contribution is 6.21. The van der Waals surface area contributed by atoms with Crippen LogP contribution in [0.25, 0.3) is 0 Å².